The van der Waals surface area contributed by atoms with Gasteiger partial charge in [0.1, 0.15) is 5.82 Å². The number of halogens is 4. The van der Waals surface area contributed by atoms with Crippen LogP contribution in [0, 0.1) is 0 Å². The van der Waals surface area contributed by atoms with E-state index in [1.54, 1.807) is 0 Å². The van der Waals surface area contributed by atoms with E-state index in [1.807, 2.05) is 0 Å². The molecule has 0 bridgehead atoms. The van der Waals surface area contributed by atoms with Crippen LogP contribution in [0.5, 0.6) is 0 Å². The molecule has 8 heteroatoms. The third-order valence-electron chi connectivity index (χ3n) is 2.59. The number of aromatic nitrogens is 1. The lowest BCUT2D eigenvalue weighted by molar-refractivity contribution is -0.136. The molecule has 2 rings (SSSR count). The second-order valence-electron chi connectivity index (χ2n) is 4.12. The molecular weight excluding hydrogens is 307 g/mol. The van der Waals surface area contributed by atoms with Crippen molar-refractivity contribution in [2.45, 2.75) is 6.18 Å². The van der Waals surface area contributed by atoms with Gasteiger partial charge in [0.2, 0.25) is 0 Å². The molecule has 1 aromatic carbocycles. The van der Waals surface area contributed by atoms with Crippen LogP contribution < -0.4 is 11.1 Å². The standard InChI is InChI=1S/C13H9ClF3N3O/c14-8-2-4-11(19-6-8)20-12(21)7-1-3-10(18)9(5-7)13(15,16)17/h1-6H,18H2,(H,19,20,21). The third kappa shape index (κ3) is 3.63. The van der Waals surface area contributed by atoms with Gasteiger partial charge in [0.05, 0.1) is 10.6 Å². The molecule has 110 valence electrons. The molecule has 0 saturated heterocycles. The molecule has 0 atom stereocenters. The van der Waals surface area contributed by atoms with Crippen molar-refractivity contribution >= 4 is 29.0 Å². The first-order chi connectivity index (χ1) is 9.77. The fraction of sp³-hybridized carbons (Fsp3) is 0.0769. The summed E-state index contributed by atoms with van der Waals surface area (Å²) >= 11 is 5.64. The zero-order valence-corrected chi connectivity index (χ0v) is 11.2. The zero-order chi connectivity index (χ0) is 15.6. The van der Waals surface area contributed by atoms with E-state index in [0.717, 1.165) is 6.07 Å². The number of anilines is 2. The molecule has 0 spiro atoms. The van der Waals surface area contributed by atoms with Crippen LogP contribution in [-0.4, -0.2) is 10.9 Å². The van der Waals surface area contributed by atoms with Crippen molar-refractivity contribution in [3.8, 4) is 0 Å². The monoisotopic (exact) mass is 315 g/mol. The molecule has 1 amide bonds. The van der Waals surface area contributed by atoms with Crippen LogP contribution in [0.1, 0.15) is 15.9 Å². The molecular formula is C13H9ClF3N3O. The number of hydrogen-bond acceptors (Lipinski definition) is 3. The molecule has 0 aliphatic rings. The Hall–Kier alpha value is -2.28. The molecule has 0 aliphatic carbocycles. The van der Waals surface area contributed by atoms with E-state index in [4.69, 9.17) is 17.3 Å². The highest BCUT2D eigenvalue weighted by molar-refractivity contribution is 6.30. The number of nitrogens with two attached hydrogens (primary N) is 1. The molecule has 0 radical (unpaired) electrons. The Bertz CT molecular complexity index is 671. The van der Waals surface area contributed by atoms with Crippen LogP contribution in [0.3, 0.4) is 0 Å². The summed E-state index contributed by atoms with van der Waals surface area (Å²) in [7, 11) is 0. The van der Waals surface area contributed by atoms with Crippen molar-refractivity contribution in [1.82, 2.24) is 4.98 Å². The van der Waals surface area contributed by atoms with Gasteiger partial charge in [-0.3, -0.25) is 4.79 Å². The predicted molar refractivity (Wildman–Crippen MR) is 73.1 cm³/mol. The molecule has 21 heavy (non-hydrogen) atoms. The van der Waals surface area contributed by atoms with Crippen molar-refractivity contribution in [2.75, 3.05) is 11.1 Å². The molecule has 2 aromatic rings. The fourth-order valence-corrected chi connectivity index (χ4v) is 1.69. The van der Waals surface area contributed by atoms with Crippen molar-refractivity contribution in [3.63, 3.8) is 0 Å². The van der Waals surface area contributed by atoms with E-state index >= 15 is 0 Å². The number of nitrogen functional groups attached to an aromatic ring is 1. The summed E-state index contributed by atoms with van der Waals surface area (Å²) in [6, 6.07) is 5.86. The van der Waals surface area contributed by atoms with Crippen LogP contribution in [-0.2, 0) is 6.18 Å². The van der Waals surface area contributed by atoms with Gasteiger partial charge in [0, 0.05) is 17.4 Å². The number of carbonyl (C=O) groups excluding carboxylic acids is 1. The van der Waals surface area contributed by atoms with Crippen LogP contribution in [0.15, 0.2) is 36.5 Å². The summed E-state index contributed by atoms with van der Waals surface area (Å²) < 4.78 is 38.2. The maximum atomic E-state index is 12.7. The lowest BCUT2D eigenvalue weighted by Gasteiger charge is -2.11. The second-order valence-corrected chi connectivity index (χ2v) is 4.55. The Kier molecular flexibility index (Phi) is 4.04. The number of nitrogens with zero attached hydrogens (tertiary/aromatic N) is 1. The molecule has 1 heterocycles. The number of hydrogen-bond donors (Lipinski definition) is 2. The van der Waals surface area contributed by atoms with Gasteiger partial charge in [0.25, 0.3) is 5.91 Å². The summed E-state index contributed by atoms with van der Waals surface area (Å²) in [4.78, 5) is 15.7. The van der Waals surface area contributed by atoms with Gasteiger partial charge in [-0.25, -0.2) is 4.98 Å². The van der Waals surface area contributed by atoms with Crippen molar-refractivity contribution in [2.24, 2.45) is 0 Å². The van der Waals surface area contributed by atoms with Gasteiger partial charge >= 0.3 is 6.18 Å². The highest BCUT2D eigenvalue weighted by Gasteiger charge is 2.33. The summed E-state index contributed by atoms with van der Waals surface area (Å²) in [5.74, 6) is -0.551. The fourth-order valence-electron chi connectivity index (χ4n) is 1.58. The SMILES string of the molecule is Nc1ccc(C(=O)Nc2ccc(Cl)cn2)cc1C(F)(F)F. The van der Waals surface area contributed by atoms with Gasteiger partial charge in [-0.1, -0.05) is 11.6 Å². The summed E-state index contributed by atoms with van der Waals surface area (Å²) in [6.45, 7) is 0. The molecule has 0 unspecified atom stereocenters. The van der Waals surface area contributed by atoms with Crippen molar-refractivity contribution in [1.29, 1.82) is 0 Å². The van der Waals surface area contributed by atoms with E-state index in [2.05, 4.69) is 10.3 Å². The first kappa shape index (κ1) is 15.1. The summed E-state index contributed by atoms with van der Waals surface area (Å²) in [5, 5.41) is 2.74. The van der Waals surface area contributed by atoms with Gasteiger partial charge in [-0.15, -0.1) is 0 Å². The predicted octanol–water partition coefficient (Wildman–Crippen LogP) is 3.59. The van der Waals surface area contributed by atoms with Crippen molar-refractivity contribution in [3.05, 3.63) is 52.7 Å². The molecule has 0 aliphatic heterocycles. The average Bonchev–Trinajstić information content (AvgIpc) is 2.40. The average molecular weight is 316 g/mol. The summed E-state index contributed by atoms with van der Waals surface area (Å²) in [6.07, 6.45) is -3.32. The summed E-state index contributed by atoms with van der Waals surface area (Å²) in [5.41, 5.74) is 3.60. The largest absolute Gasteiger partial charge is 0.418 e. The van der Waals surface area contributed by atoms with E-state index in [1.165, 1.54) is 24.4 Å². The number of pyridine rings is 1. The van der Waals surface area contributed by atoms with E-state index in [0.29, 0.717) is 11.1 Å². The molecule has 1 aromatic heterocycles. The normalized spacial score (nSPS) is 11.2. The zero-order valence-electron chi connectivity index (χ0n) is 10.4. The van der Waals surface area contributed by atoms with Crippen LogP contribution >= 0.6 is 11.6 Å². The maximum Gasteiger partial charge on any atom is 0.418 e. The van der Waals surface area contributed by atoms with Gasteiger partial charge in [0.15, 0.2) is 0 Å². The highest BCUT2D eigenvalue weighted by Crippen LogP contribution is 2.34. The minimum absolute atomic E-state index is 0.173. The second kappa shape index (κ2) is 5.61. The highest BCUT2D eigenvalue weighted by atomic mass is 35.5. The van der Waals surface area contributed by atoms with Crippen molar-refractivity contribution < 1.29 is 18.0 Å². The molecule has 0 saturated carbocycles. The number of nitrogens with one attached hydrogen (secondary N) is 1. The van der Waals surface area contributed by atoms with E-state index in [-0.39, 0.29) is 11.4 Å². The number of amides is 1. The Balaban J connectivity index is 2.25. The number of benzene rings is 1. The Morgan fingerprint density at radius 3 is 2.52 bits per heavy atom. The molecule has 3 N–H and O–H groups in total. The maximum absolute atomic E-state index is 12.7. The molecule has 0 fully saturated rings. The Morgan fingerprint density at radius 1 is 1.24 bits per heavy atom. The van der Waals surface area contributed by atoms with Gasteiger partial charge in [-0.2, -0.15) is 13.2 Å². The lowest BCUT2D eigenvalue weighted by Crippen LogP contribution is -2.16. The topological polar surface area (TPSA) is 68.0 Å². The number of rotatable bonds is 2. The van der Waals surface area contributed by atoms with Crippen LogP contribution in [0.2, 0.25) is 5.02 Å². The quantitative estimate of drug-likeness (QED) is 0.832. The third-order valence-corrected chi connectivity index (χ3v) is 2.81. The number of carbonyl (C=O) groups is 1. The number of alkyl halides is 3. The van der Waals surface area contributed by atoms with E-state index in [9.17, 15) is 18.0 Å². The molecule has 4 nitrogen and oxygen atoms in total. The Morgan fingerprint density at radius 2 is 1.95 bits per heavy atom. The first-order valence-electron chi connectivity index (χ1n) is 5.67. The smallest absolute Gasteiger partial charge is 0.398 e. The van der Waals surface area contributed by atoms with Crippen LogP contribution in [0.25, 0.3) is 0 Å². The Labute approximate surface area is 122 Å². The first-order valence-corrected chi connectivity index (χ1v) is 6.05. The minimum atomic E-state index is -4.63. The van der Waals surface area contributed by atoms with Crippen LogP contribution in [0.4, 0.5) is 24.7 Å². The van der Waals surface area contributed by atoms with Gasteiger partial charge < -0.3 is 11.1 Å². The minimum Gasteiger partial charge on any atom is -0.398 e. The van der Waals surface area contributed by atoms with E-state index < -0.39 is 23.3 Å². The van der Waals surface area contributed by atoms with Gasteiger partial charge in [-0.05, 0) is 30.3 Å². The lowest BCUT2D eigenvalue weighted by atomic mass is 10.1.